The van der Waals surface area contributed by atoms with Crippen molar-refractivity contribution in [3.63, 3.8) is 0 Å². The first-order valence-corrected chi connectivity index (χ1v) is 5.82. The molecule has 0 saturated carbocycles. The van der Waals surface area contributed by atoms with Gasteiger partial charge >= 0.3 is 0 Å². The molecular formula is C15H15F2N. The summed E-state index contributed by atoms with van der Waals surface area (Å²) in [7, 11) is 0. The fourth-order valence-electron chi connectivity index (χ4n) is 2.01. The molecule has 0 fully saturated rings. The van der Waals surface area contributed by atoms with Crippen LogP contribution in [-0.2, 0) is 6.42 Å². The minimum Gasteiger partial charge on any atom is -0.324 e. The van der Waals surface area contributed by atoms with E-state index in [1.54, 1.807) is 0 Å². The Labute approximate surface area is 105 Å². The van der Waals surface area contributed by atoms with Crippen LogP contribution in [0.4, 0.5) is 8.78 Å². The Hall–Kier alpha value is -1.74. The molecule has 2 aromatic carbocycles. The Kier molecular flexibility index (Phi) is 3.72. The van der Waals surface area contributed by atoms with Crippen LogP contribution in [0.15, 0.2) is 42.5 Å². The summed E-state index contributed by atoms with van der Waals surface area (Å²) in [6.45, 7) is 1.99. The van der Waals surface area contributed by atoms with E-state index in [1.807, 2.05) is 31.2 Å². The Bertz CT molecular complexity index is 552. The van der Waals surface area contributed by atoms with Crippen molar-refractivity contribution in [3.8, 4) is 0 Å². The van der Waals surface area contributed by atoms with Crippen LogP contribution >= 0.6 is 0 Å². The number of nitrogens with two attached hydrogens (primary N) is 1. The Morgan fingerprint density at radius 3 is 2.56 bits per heavy atom. The van der Waals surface area contributed by atoms with Crippen LogP contribution in [0.25, 0.3) is 0 Å². The first-order chi connectivity index (χ1) is 8.56. The molecule has 0 spiro atoms. The van der Waals surface area contributed by atoms with Gasteiger partial charge in [-0.05, 0) is 25.0 Å². The van der Waals surface area contributed by atoms with Gasteiger partial charge in [0.1, 0.15) is 11.6 Å². The van der Waals surface area contributed by atoms with E-state index in [9.17, 15) is 8.78 Å². The first kappa shape index (κ1) is 12.7. The van der Waals surface area contributed by atoms with Gasteiger partial charge in [0.25, 0.3) is 0 Å². The van der Waals surface area contributed by atoms with Crippen molar-refractivity contribution >= 4 is 0 Å². The molecule has 94 valence electrons. The molecule has 2 rings (SSSR count). The molecule has 0 bridgehead atoms. The van der Waals surface area contributed by atoms with E-state index in [2.05, 4.69) is 0 Å². The van der Waals surface area contributed by atoms with Gasteiger partial charge in [0, 0.05) is 17.7 Å². The molecule has 0 aliphatic heterocycles. The summed E-state index contributed by atoms with van der Waals surface area (Å²) in [6, 6.07) is 10.9. The summed E-state index contributed by atoms with van der Waals surface area (Å²) in [5, 5.41) is 0. The van der Waals surface area contributed by atoms with Crippen LogP contribution in [0.5, 0.6) is 0 Å². The number of aryl methyl sites for hydroxylation is 1. The lowest BCUT2D eigenvalue weighted by Crippen LogP contribution is -2.15. The number of rotatable bonds is 3. The van der Waals surface area contributed by atoms with Gasteiger partial charge in [0.05, 0.1) is 0 Å². The van der Waals surface area contributed by atoms with E-state index in [0.29, 0.717) is 12.0 Å². The van der Waals surface area contributed by atoms with Gasteiger partial charge in [0.15, 0.2) is 0 Å². The second-order valence-corrected chi connectivity index (χ2v) is 4.47. The molecule has 0 aliphatic carbocycles. The van der Waals surface area contributed by atoms with E-state index < -0.39 is 17.7 Å². The van der Waals surface area contributed by atoms with E-state index in [4.69, 9.17) is 5.73 Å². The molecule has 0 radical (unpaired) electrons. The third-order valence-electron chi connectivity index (χ3n) is 2.90. The Morgan fingerprint density at radius 1 is 1.11 bits per heavy atom. The zero-order valence-corrected chi connectivity index (χ0v) is 10.2. The van der Waals surface area contributed by atoms with Crippen molar-refractivity contribution in [1.82, 2.24) is 0 Å². The Balaban J connectivity index is 2.19. The maximum atomic E-state index is 13.6. The van der Waals surface area contributed by atoms with Gasteiger partial charge in [-0.1, -0.05) is 35.9 Å². The molecule has 1 atom stereocenters. The second-order valence-electron chi connectivity index (χ2n) is 4.47. The molecule has 3 heteroatoms. The average molecular weight is 247 g/mol. The minimum absolute atomic E-state index is 0.345. The summed E-state index contributed by atoms with van der Waals surface area (Å²) < 4.78 is 26.4. The van der Waals surface area contributed by atoms with Crippen molar-refractivity contribution in [1.29, 1.82) is 0 Å². The smallest absolute Gasteiger partial charge is 0.130 e. The third-order valence-corrected chi connectivity index (χ3v) is 2.90. The van der Waals surface area contributed by atoms with E-state index in [0.717, 1.165) is 17.2 Å². The maximum Gasteiger partial charge on any atom is 0.130 e. The van der Waals surface area contributed by atoms with Gasteiger partial charge in [-0.2, -0.15) is 0 Å². The summed E-state index contributed by atoms with van der Waals surface area (Å²) in [4.78, 5) is 0. The number of benzene rings is 2. The van der Waals surface area contributed by atoms with Gasteiger partial charge in [-0.3, -0.25) is 0 Å². The lowest BCUT2D eigenvalue weighted by molar-refractivity contribution is 0.554. The zero-order valence-electron chi connectivity index (χ0n) is 10.2. The van der Waals surface area contributed by atoms with Crippen molar-refractivity contribution in [2.45, 2.75) is 19.4 Å². The number of hydrogen-bond donors (Lipinski definition) is 1. The van der Waals surface area contributed by atoms with Crippen LogP contribution in [0.3, 0.4) is 0 Å². The van der Waals surface area contributed by atoms with Crippen LogP contribution in [0.1, 0.15) is 22.7 Å². The normalized spacial score (nSPS) is 12.4. The lowest BCUT2D eigenvalue weighted by Gasteiger charge is -2.13. The average Bonchev–Trinajstić information content (AvgIpc) is 2.28. The molecular weight excluding hydrogens is 232 g/mol. The lowest BCUT2D eigenvalue weighted by atomic mass is 9.98. The van der Waals surface area contributed by atoms with Gasteiger partial charge in [0.2, 0.25) is 0 Å². The van der Waals surface area contributed by atoms with Crippen molar-refractivity contribution < 1.29 is 8.78 Å². The molecule has 0 aliphatic rings. The molecule has 0 aromatic heterocycles. The van der Waals surface area contributed by atoms with Crippen LogP contribution in [0, 0.1) is 18.6 Å². The molecule has 2 N–H and O–H groups in total. The molecule has 0 heterocycles. The van der Waals surface area contributed by atoms with Crippen LogP contribution in [0.2, 0.25) is 0 Å². The highest BCUT2D eigenvalue weighted by atomic mass is 19.1. The maximum absolute atomic E-state index is 13.6. The first-order valence-electron chi connectivity index (χ1n) is 5.82. The van der Waals surface area contributed by atoms with Crippen molar-refractivity contribution in [2.75, 3.05) is 0 Å². The highest BCUT2D eigenvalue weighted by Gasteiger charge is 2.12. The highest BCUT2D eigenvalue weighted by Crippen LogP contribution is 2.20. The summed E-state index contributed by atoms with van der Waals surface area (Å²) in [5.74, 6) is -1.17. The molecule has 0 saturated heterocycles. The minimum atomic E-state index is -0.588. The largest absolute Gasteiger partial charge is 0.324 e. The topological polar surface area (TPSA) is 26.0 Å². The Morgan fingerprint density at radius 2 is 1.89 bits per heavy atom. The second kappa shape index (κ2) is 5.27. The molecule has 0 amide bonds. The molecule has 1 nitrogen and oxygen atoms in total. The summed E-state index contributed by atoms with van der Waals surface area (Å²) in [6.07, 6.45) is 0.532. The van der Waals surface area contributed by atoms with Gasteiger partial charge in [-0.25, -0.2) is 8.78 Å². The molecule has 1 unspecified atom stereocenters. The van der Waals surface area contributed by atoms with Crippen LogP contribution in [-0.4, -0.2) is 0 Å². The zero-order chi connectivity index (χ0) is 13.1. The quantitative estimate of drug-likeness (QED) is 0.882. The fourth-order valence-corrected chi connectivity index (χ4v) is 2.01. The SMILES string of the molecule is Cc1cccc(CC(N)c2ccc(F)cc2F)c1. The van der Waals surface area contributed by atoms with E-state index in [1.165, 1.54) is 12.1 Å². The van der Waals surface area contributed by atoms with Crippen LogP contribution < -0.4 is 5.73 Å². The van der Waals surface area contributed by atoms with Crippen molar-refractivity contribution in [2.24, 2.45) is 5.73 Å². The predicted molar refractivity (Wildman–Crippen MR) is 68.2 cm³/mol. The van der Waals surface area contributed by atoms with Gasteiger partial charge < -0.3 is 5.73 Å². The molecule has 18 heavy (non-hydrogen) atoms. The summed E-state index contributed by atoms with van der Waals surface area (Å²) in [5.41, 5.74) is 8.50. The highest BCUT2D eigenvalue weighted by molar-refractivity contribution is 5.27. The standard InChI is InChI=1S/C15H15F2N/c1-10-3-2-4-11(7-10)8-15(18)13-6-5-12(16)9-14(13)17/h2-7,9,15H,8,18H2,1H3. The fraction of sp³-hybridized carbons (Fsp3) is 0.200. The predicted octanol–water partition coefficient (Wildman–Crippen LogP) is 3.52. The molecule has 2 aromatic rings. The van der Waals surface area contributed by atoms with Crippen molar-refractivity contribution in [3.05, 3.63) is 70.8 Å². The number of halogens is 2. The van der Waals surface area contributed by atoms with E-state index >= 15 is 0 Å². The van der Waals surface area contributed by atoms with E-state index in [-0.39, 0.29) is 0 Å². The monoisotopic (exact) mass is 247 g/mol. The third kappa shape index (κ3) is 2.93. The summed E-state index contributed by atoms with van der Waals surface area (Å²) >= 11 is 0. The number of hydrogen-bond acceptors (Lipinski definition) is 1. The van der Waals surface area contributed by atoms with Gasteiger partial charge in [-0.15, -0.1) is 0 Å².